The van der Waals surface area contributed by atoms with E-state index in [1.165, 1.54) is 31.2 Å². The van der Waals surface area contributed by atoms with Crippen LogP contribution in [0.4, 0.5) is 0 Å². The van der Waals surface area contributed by atoms with E-state index in [2.05, 4.69) is 24.0 Å². The zero-order valence-electron chi connectivity index (χ0n) is 12.9. The Balaban J connectivity index is 1.76. The smallest absolute Gasteiger partial charge is 0.231 e. The molecule has 3 rings (SSSR count). The molecule has 116 valence electrons. The van der Waals surface area contributed by atoms with Crippen LogP contribution in [0.15, 0.2) is 18.2 Å². The number of ether oxygens (including phenoxy) is 2. The number of rotatable bonds is 4. The SMILES string of the molecule is CC(CN)(Cc1ccc2c(c1)OCO2)N1CCCCCC1. The molecule has 0 amide bonds. The van der Waals surface area contributed by atoms with E-state index in [9.17, 15) is 0 Å². The number of likely N-dealkylation sites (tertiary alicyclic amines) is 1. The van der Waals surface area contributed by atoms with Gasteiger partial charge in [-0.2, -0.15) is 0 Å². The molecule has 2 aliphatic heterocycles. The van der Waals surface area contributed by atoms with Gasteiger partial charge in [-0.05, 0) is 57.0 Å². The van der Waals surface area contributed by atoms with E-state index in [0.29, 0.717) is 13.3 Å². The Hall–Kier alpha value is -1.26. The zero-order chi connectivity index (χ0) is 14.7. The van der Waals surface area contributed by atoms with E-state index in [1.807, 2.05) is 6.07 Å². The van der Waals surface area contributed by atoms with Crippen LogP contribution in [0.3, 0.4) is 0 Å². The molecule has 0 aromatic heterocycles. The van der Waals surface area contributed by atoms with Gasteiger partial charge in [-0.15, -0.1) is 0 Å². The van der Waals surface area contributed by atoms with Crippen LogP contribution in [0.5, 0.6) is 11.5 Å². The lowest BCUT2D eigenvalue weighted by Gasteiger charge is -2.40. The molecular formula is C17H26N2O2. The first-order valence-electron chi connectivity index (χ1n) is 8.05. The second-order valence-electron chi connectivity index (χ2n) is 6.47. The van der Waals surface area contributed by atoms with Gasteiger partial charge >= 0.3 is 0 Å². The third-order valence-electron chi connectivity index (χ3n) is 4.83. The summed E-state index contributed by atoms with van der Waals surface area (Å²) < 4.78 is 10.9. The van der Waals surface area contributed by atoms with E-state index in [1.54, 1.807) is 0 Å². The largest absolute Gasteiger partial charge is 0.454 e. The fourth-order valence-corrected chi connectivity index (χ4v) is 3.41. The summed E-state index contributed by atoms with van der Waals surface area (Å²) in [6, 6.07) is 6.25. The highest BCUT2D eigenvalue weighted by Crippen LogP contribution is 2.34. The first-order valence-corrected chi connectivity index (χ1v) is 8.05. The third-order valence-corrected chi connectivity index (χ3v) is 4.83. The Morgan fingerprint density at radius 1 is 1.10 bits per heavy atom. The summed E-state index contributed by atoms with van der Waals surface area (Å²) in [6.45, 7) is 5.64. The van der Waals surface area contributed by atoms with Gasteiger partial charge < -0.3 is 15.2 Å². The molecule has 2 N–H and O–H groups in total. The molecule has 0 saturated carbocycles. The third kappa shape index (κ3) is 3.16. The standard InChI is InChI=1S/C17H26N2O2/c1-17(12-18,19-8-4-2-3-5-9-19)11-14-6-7-15-16(10-14)21-13-20-15/h6-7,10H,2-5,8-9,11-13,18H2,1H3. The van der Waals surface area contributed by atoms with Crippen LogP contribution in [-0.4, -0.2) is 36.9 Å². The highest BCUT2D eigenvalue weighted by Gasteiger charge is 2.31. The molecule has 0 radical (unpaired) electrons. The zero-order valence-corrected chi connectivity index (χ0v) is 12.9. The van der Waals surface area contributed by atoms with Crippen molar-refractivity contribution < 1.29 is 9.47 Å². The molecule has 1 aromatic carbocycles. The average Bonchev–Trinajstić information content (AvgIpc) is 2.78. The first kappa shape index (κ1) is 14.7. The van der Waals surface area contributed by atoms with Gasteiger partial charge in [0, 0.05) is 12.1 Å². The lowest BCUT2D eigenvalue weighted by Crippen LogP contribution is -2.53. The van der Waals surface area contributed by atoms with Crippen molar-refractivity contribution in [3.8, 4) is 11.5 Å². The van der Waals surface area contributed by atoms with Crippen LogP contribution in [0.1, 0.15) is 38.2 Å². The van der Waals surface area contributed by atoms with E-state index >= 15 is 0 Å². The van der Waals surface area contributed by atoms with Gasteiger partial charge in [0.15, 0.2) is 11.5 Å². The lowest BCUT2D eigenvalue weighted by molar-refractivity contribution is 0.114. The van der Waals surface area contributed by atoms with Gasteiger partial charge in [0.25, 0.3) is 0 Å². The fraction of sp³-hybridized carbons (Fsp3) is 0.647. The van der Waals surface area contributed by atoms with E-state index in [-0.39, 0.29) is 5.54 Å². The van der Waals surface area contributed by atoms with Crippen molar-refractivity contribution in [2.75, 3.05) is 26.4 Å². The number of hydrogen-bond acceptors (Lipinski definition) is 4. The summed E-state index contributed by atoms with van der Waals surface area (Å²) in [4.78, 5) is 2.59. The van der Waals surface area contributed by atoms with Crippen molar-refractivity contribution in [1.82, 2.24) is 4.90 Å². The van der Waals surface area contributed by atoms with Crippen LogP contribution >= 0.6 is 0 Å². The van der Waals surface area contributed by atoms with E-state index < -0.39 is 0 Å². The second kappa shape index (κ2) is 6.24. The molecule has 1 saturated heterocycles. The van der Waals surface area contributed by atoms with Crippen LogP contribution in [0.25, 0.3) is 0 Å². The Bertz CT molecular complexity index is 484. The van der Waals surface area contributed by atoms with Gasteiger partial charge in [-0.25, -0.2) is 0 Å². The Morgan fingerprint density at radius 3 is 2.52 bits per heavy atom. The minimum Gasteiger partial charge on any atom is -0.454 e. The van der Waals surface area contributed by atoms with Gasteiger partial charge in [0.05, 0.1) is 0 Å². The molecule has 21 heavy (non-hydrogen) atoms. The summed E-state index contributed by atoms with van der Waals surface area (Å²) >= 11 is 0. The maximum absolute atomic E-state index is 6.15. The van der Waals surface area contributed by atoms with Crippen molar-refractivity contribution in [2.24, 2.45) is 5.73 Å². The molecule has 1 fully saturated rings. The van der Waals surface area contributed by atoms with Gasteiger partial charge in [-0.1, -0.05) is 18.9 Å². The normalized spacial score (nSPS) is 21.8. The molecular weight excluding hydrogens is 264 g/mol. The van der Waals surface area contributed by atoms with Crippen LogP contribution in [0, 0.1) is 0 Å². The number of benzene rings is 1. The van der Waals surface area contributed by atoms with Crippen LogP contribution in [-0.2, 0) is 6.42 Å². The highest BCUT2D eigenvalue weighted by molar-refractivity contribution is 5.44. The molecule has 1 unspecified atom stereocenters. The molecule has 4 nitrogen and oxygen atoms in total. The maximum atomic E-state index is 6.15. The predicted molar refractivity (Wildman–Crippen MR) is 83.8 cm³/mol. The van der Waals surface area contributed by atoms with Gasteiger partial charge in [0.1, 0.15) is 0 Å². The van der Waals surface area contributed by atoms with Crippen molar-refractivity contribution in [2.45, 2.75) is 44.6 Å². The van der Waals surface area contributed by atoms with Crippen molar-refractivity contribution in [3.63, 3.8) is 0 Å². The molecule has 0 spiro atoms. The predicted octanol–water partition coefficient (Wildman–Crippen LogP) is 2.55. The summed E-state index contributed by atoms with van der Waals surface area (Å²) in [6.07, 6.45) is 6.23. The maximum Gasteiger partial charge on any atom is 0.231 e. The monoisotopic (exact) mass is 290 g/mol. The van der Waals surface area contributed by atoms with Crippen molar-refractivity contribution in [3.05, 3.63) is 23.8 Å². The summed E-state index contributed by atoms with van der Waals surface area (Å²) in [5.74, 6) is 1.71. The molecule has 0 aliphatic carbocycles. The van der Waals surface area contributed by atoms with E-state index in [4.69, 9.17) is 15.2 Å². The van der Waals surface area contributed by atoms with E-state index in [0.717, 1.165) is 31.0 Å². The second-order valence-corrected chi connectivity index (χ2v) is 6.47. The van der Waals surface area contributed by atoms with Crippen LogP contribution < -0.4 is 15.2 Å². The minimum atomic E-state index is 0.0258. The lowest BCUT2D eigenvalue weighted by atomic mass is 9.90. The van der Waals surface area contributed by atoms with Crippen molar-refractivity contribution in [1.29, 1.82) is 0 Å². The molecule has 1 atom stereocenters. The van der Waals surface area contributed by atoms with Gasteiger partial charge in [0.2, 0.25) is 6.79 Å². The number of fused-ring (bicyclic) bond motifs is 1. The summed E-state index contributed by atoms with van der Waals surface area (Å²) in [7, 11) is 0. The molecule has 0 bridgehead atoms. The number of hydrogen-bond donors (Lipinski definition) is 1. The Labute approximate surface area is 127 Å². The average molecular weight is 290 g/mol. The first-order chi connectivity index (χ1) is 10.2. The summed E-state index contributed by atoms with van der Waals surface area (Å²) in [5, 5.41) is 0. The molecule has 4 heteroatoms. The molecule has 2 aliphatic rings. The Morgan fingerprint density at radius 2 is 1.81 bits per heavy atom. The number of nitrogens with zero attached hydrogens (tertiary/aromatic N) is 1. The molecule has 2 heterocycles. The fourth-order valence-electron chi connectivity index (χ4n) is 3.41. The summed E-state index contributed by atoms with van der Waals surface area (Å²) in [5.41, 5.74) is 7.45. The topological polar surface area (TPSA) is 47.7 Å². The van der Waals surface area contributed by atoms with Crippen molar-refractivity contribution >= 4 is 0 Å². The van der Waals surface area contributed by atoms with Gasteiger partial charge in [-0.3, -0.25) is 4.90 Å². The highest BCUT2D eigenvalue weighted by atomic mass is 16.7. The number of nitrogens with two attached hydrogens (primary N) is 1. The quantitative estimate of drug-likeness (QED) is 0.926. The minimum absolute atomic E-state index is 0.0258. The van der Waals surface area contributed by atoms with Crippen LogP contribution in [0.2, 0.25) is 0 Å². The molecule has 1 aromatic rings. The Kier molecular flexibility index (Phi) is 4.36.